The summed E-state index contributed by atoms with van der Waals surface area (Å²) in [5.74, 6) is -1.09. The maximum Gasteiger partial charge on any atom is 0.391 e. The summed E-state index contributed by atoms with van der Waals surface area (Å²) in [6.07, 6.45) is -5.13. The molecule has 8 heteroatoms. The van der Waals surface area contributed by atoms with Gasteiger partial charge in [-0.25, -0.2) is 0 Å². The van der Waals surface area contributed by atoms with Gasteiger partial charge in [-0.05, 0) is 37.8 Å². The summed E-state index contributed by atoms with van der Waals surface area (Å²) < 4.78 is 49.6. The van der Waals surface area contributed by atoms with Crippen LogP contribution < -0.4 is 14.8 Å². The third-order valence-electron chi connectivity index (χ3n) is 4.68. The van der Waals surface area contributed by atoms with Crippen LogP contribution in [0.2, 0.25) is 0 Å². The van der Waals surface area contributed by atoms with Crippen molar-refractivity contribution in [2.24, 2.45) is 5.92 Å². The lowest BCUT2D eigenvalue weighted by Gasteiger charge is -2.38. The lowest BCUT2D eigenvalue weighted by Crippen LogP contribution is -2.52. The molecule has 0 saturated heterocycles. The number of fused-ring (bicyclic) bond motifs is 1. The molecule has 0 radical (unpaired) electrons. The molecular formula is C17H20F3NO4. The van der Waals surface area contributed by atoms with Crippen molar-refractivity contribution in [1.29, 1.82) is 0 Å². The first-order valence-corrected chi connectivity index (χ1v) is 8.22. The smallest absolute Gasteiger partial charge is 0.391 e. The molecule has 1 aliphatic carbocycles. The number of alkyl halides is 3. The minimum absolute atomic E-state index is 0.00640. The summed E-state index contributed by atoms with van der Waals surface area (Å²) in [4.78, 5) is 12.2. The van der Waals surface area contributed by atoms with Gasteiger partial charge in [0.2, 0.25) is 6.10 Å². The molecule has 1 amide bonds. The van der Waals surface area contributed by atoms with E-state index >= 15 is 0 Å². The maximum atomic E-state index is 12.9. The van der Waals surface area contributed by atoms with Crippen LogP contribution in [0.15, 0.2) is 24.3 Å². The summed E-state index contributed by atoms with van der Waals surface area (Å²) >= 11 is 0. The van der Waals surface area contributed by atoms with Gasteiger partial charge in [-0.2, -0.15) is 13.2 Å². The molecule has 1 aromatic rings. The zero-order chi connectivity index (χ0) is 18.1. The molecule has 138 valence electrons. The van der Waals surface area contributed by atoms with E-state index in [4.69, 9.17) is 9.47 Å². The number of nitrogens with one attached hydrogen (secondary N) is 1. The molecule has 1 heterocycles. The van der Waals surface area contributed by atoms with E-state index in [9.17, 15) is 23.1 Å². The van der Waals surface area contributed by atoms with Gasteiger partial charge < -0.3 is 19.9 Å². The molecule has 1 saturated carbocycles. The van der Waals surface area contributed by atoms with Crippen molar-refractivity contribution < 1.29 is 32.5 Å². The van der Waals surface area contributed by atoms with E-state index in [0.29, 0.717) is 11.5 Å². The van der Waals surface area contributed by atoms with E-state index in [0.717, 1.165) is 0 Å². The van der Waals surface area contributed by atoms with Crippen LogP contribution in [0, 0.1) is 5.92 Å². The Morgan fingerprint density at radius 2 is 2.04 bits per heavy atom. The van der Waals surface area contributed by atoms with Crippen LogP contribution in [0.3, 0.4) is 0 Å². The molecule has 5 nitrogen and oxygen atoms in total. The highest BCUT2D eigenvalue weighted by Crippen LogP contribution is 2.41. The van der Waals surface area contributed by atoms with Gasteiger partial charge in [-0.15, -0.1) is 0 Å². The van der Waals surface area contributed by atoms with Crippen molar-refractivity contribution in [2.75, 3.05) is 13.2 Å². The molecule has 2 aliphatic rings. The number of carbonyl (C=O) groups excluding carboxylic acids is 1. The third kappa shape index (κ3) is 4.18. The Morgan fingerprint density at radius 1 is 1.32 bits per heavy atom. The Balaban J connectivity index is 1.55. The van der Waals surface area contributed by atoms with Crippen LogP contribution >= 0.6 is 0 Å². The summed E-state index contributed by atoms with van der Waals surface area (Å²) in [7, 11) is 0. The molecule has 25 heavy (non-hydrogen) atoms. The van der Waals surface area contributed by atoms with Gasteiger partial charge in [-0.3, -0.25) is 4.79 Å². The van der Waals surface area contributed by atoms with E-state index < -0.39 is 36.1 Å². The van der Waals surface area contributed by atoms with Crippen molar-refractivity contribution in [3.63, 3.8) is 0 Å². The molecular weight excluding hydrogens is 339 g/mol. The zero-order valence-electron chi connectivity index (χ0n) is 13.5. The van der Waals surface area contributed by atoms with Gasteiger partial charge in [0.15, 0.2) is 11.5 Å². The minimum atomic E-state index is -4.33. The number of benzene rings is 1. The predicted octanol–water partition coefficient (Wildman–Crippen LogP) is 2.43. The van der Waals surface area contributed by atoms with Crippen molar-refractivity contribution in [2.45, 2.75) is 43.6 Å². The van der Waals surface area contributed by atoms with Crippen LogP contribution in [0.25, 0.3) is 0 Å². The molecule has 0 aromatic heterocycles. The average Bonchev–Trinajstić information content (AvgIpc) is 2.58. The second-order valence-electron chi connectivity index (χ2n) is 6.64. The lowest BCUT2D eigenvalue weighted by atomic mass is 9.77. The number of para-hydroxylation sites is 2. The first-order chi connectivity index (χ1) is 11.8. The lowest BCUT2D eigenvalue weighted by molar-refractivity contribution is -0.200. The summed E-state index contributed by atoms with van der Waals surface area (Å²) in [6.45, 7) is -0.230. The standard InChI is InChI=1S/C17H20F3NO4/c18-17(19,20)11-4-3-7-16(23,8-11)10-21-15(22)14-9-24-12-5-1-2-6-13(12)25-14/h1-2,5-6,11,14,23H,3-4,7-10H2,(H,21,22). The first kappa shape index (κ1) is 17.8. The Hall–Kier alpha value is -1.96. The number of amides is 1. The van der Waals surface area contributed by atoms with E-state index in [1.54, 1.807) is 24.3 Å². The molecule has 1 aliphatic heterocycles. The quantitative estimate of drug-likeness (QED) is 0.870. The molecule has 2 N–H and O–H groups in total. The highest BCUT2D eigenvalue weighted by atomic mass is 19.4. The highest BCUT2D eigenvalue weighted by Gasteiger charge is 2.47. The molecule has 3 rings (SSSR count). The van der Waals surface area contributed by atoms with Crippen LogP contribution in [0.4, 0.5) is 13.2 Å². The fourth-order valence-corrected chi connectivity index (χ4v) is 3.29. The maximum absolute atomic E-state index is 12.9. The van der Waals surface area contributed by atoms with Crippen molar-refractivity contribution >= 4 is 5.91 Å². The summed E-state index contributed by atoms with van der Waals surface area (Å²) in [6, 6.07) is 6.89. The number of ether oxygens (including phenoxy) is 2. The van der Waals surface area contributed by atoms with Gasteiger partial charge in [0, 0.05) is 6.54 Å². The molecule has 1 aromatic carbocycles. The Kier molecular flexibility index (Phi) is 4.81. The van der Waals surface area contributed by atoms with Gasteiger partial charge >= 0.3 is 6.18 Å². The molecule has 1 fully saturated rings. The van der Waals surface area contributed by atoms with Crippen LogP contribution in [0.1, 0.15) is 25.7 Å². The number of aliphatic hydroxyl groups is 1. The Morgan fingerprint density at radius 3 is 2.76 bits per heavy atom. The summed E-state index contributed by atoms with van der Waals surface area (Å²) in [5.41, 5.74) is -1.55. The molecule has 0 spiro atoms. The van der Waals surface area contributed by atoms with Crippen molar-refractivity contribution in [3.05, 3.63) is 24.3 Å². The highest BCUT2D eigenvalue weighted by molar-refractivity contribution is 5.81. The molecule has 0 bridgehead atoms. The van der Waals surface area contributed by atoms with E-state index in [1.165, 1.54) is 0 Å². The van der Waals surface area contributed by atoms with Gasteiger partial charge in [0.05, 0.1) is 11.5 Å². The van der Waals surface area contributed by atoms with E-state index in [2.05, 4.69) is 5.32 Å². The van der Waals surface area contributed by atoms with Crippen LogP contribution in [-0.4, -0.2) is 42.0 Å². The van der Waals surface area contributed by atoms with E-state index in [1.807, 2.05) is 0 Å². The van der Waals surface area contributed by atoms with Crippen LogP contribution in [0.5, 0.6) is 11.5 Å². The van der Waals surface area contributed by atoms with Crippen molar-refractivity contribution in [1.82, 2.24) is 5.32 Å². The topological polar surface area (TPSA) is 67.8 Å². The van der Waals surface area contributed by atoms with Crippen LogP contribution in [-0.2, 0) is 4.79 Å². The Bertz CT molecular complexity index is 637. The van der Waals surface area contributed by atoms with Crippen molar-refractivity contribution in [3.8, 4) is 11.5 Å². The number of hydrogen-bond donors (Lipinski definition) is 2. The number of carbonyl (C=O) groups is 1. The zero-order valence-corrected chi connectivity index (χ0v) is 13.5. The number of halogens is 3. The fraction of sp³-hybridized carbons (Fsp3) is 0.588. The summed E-state index contributed by atoms with van der Waals surface area (Å²) in [5, 5.41) is 12.9. The number of hydrogen-bond acceptors (Lipinski definition) is 4. The molecule has 3 unspecified atom stereocenters. The monoisotopic (exact) mass is 359 g/mol. The van der Waals surface area contributed by atoms with E-state index in [-0.39, 0.29) is 32.4 Å². The fourth-order valence-electron chi connectivity index (χ4n) is 3.29. The SMILES string of the molecule is O=C(NCC1(O)CCCC(C(F)(F)F)C1)C1COc2ccccc2O1. The van der Waals surface area contributed by atoms with Gasteiger partial charge in [0.25, 0.3) is 5.91 Å². The Labute approximate surface area is 143 Å². The molecule has 3 atom stereocenters. The largest absolute Gasteiger partial charge is 0.485 e. The van der Waals surface area contributed by atoms with Gasteiger partial charge in [0.1, 0.15) is 6.61 Å². The third-order valence-corrected chi connectivity index (χ3v) is 4.68. The first-order valence-electron chi connectivity index (χ1n) is 8.22. The number of rotatable bonds is 3. The predicted molar refractivity (Wildman–Crippen MR) is 82.3 cm³/mol. The second kappa shape index (κ2) is 6.74. The minimum Gasteiger partial charge on any atom is -0.485 e. The normalized spacial score (nSPS) is 29.1. The average molecular weight is 359 g/mol. The second-order valence-corrected chi connectivity index (χ2v) is 6.64. The van der Waals surface area contributed by atoms with Gasteiger partial charge in [-0.1, -0.05) is 12.1 Å².